The molecule has 0 fully saturated rings. The number of nitrogens with zero attached hydrogens (tertiary/aromatic N) is 1. The van der Waals surface area contributed by atoms with Crippen LogP contribution in [-0.2, 0) is 17.9 Å². The van der Waals surface area contributed by atoms with Crippen LogP contribution in [0, 0.1) is 11.3 Å². The van der Waals surface area contributed by atoms with Gasteiger partial charge in [0, 0.05) is 22.6 Å². The zero-order valence-electron chi connectivity index (χ0n) is 18.6. The van der Waals surface area contributed by atoms with Crippen molar-refractivity contribution in [2.24, 2.45) is 0 Å². The molecule has 0 aliphatic rings. The fourth-order valence-electron chi connectivity index (χ4n) is 3.05. The fraction of sp³-hybridized carbons (Fsp3) is 0.154. The van der Waals surface area contributed by atoms with Crippen LogP contribution in [0.1, 0.15) is 16.7 Å². The molecule has 34 heavy (non-hydrogen) atoms. The SMILES string of the molecule is COc1ccc(CNC(=O)/C(C#N)=C/c2ccc(OCc3ccc(Br)cc3)c(Br)c2)c(OC)c1. The summed E-state index contributed by atoms with van der Waals surface area (Å²) in [5, 5.41) is 12.3. The third kappa shape index (κ3) is 6.86. The van der Waals surface area contributed by atoms with Crippen molar-refractivity contribution in [3.8, 4) is 23.3 Å². The third-order valence-corrected chi connectivity index (χ3v) is 6.02. The van der Waals surface area contributed by atoms with E-state index in [0.717, 1.165) is 20.1 Å². The minimum absolute atomic E-state index is 0.0112. The van der Waals surface area contributed by atoms with Gasteiger partial charge in [-0.15, -0.1) is 0 Å². The number of benzene rings is 3. The first-order chi connectivity index (χ1) is 16.4. The van der Waals surface area contributed by atoms with Crippen molar-refractivity contribution in [2.45, 2.75) is 13.2 Å². The molecule has 0 atom stereocenters. The number of rotatable bonds is 9. The summed E-state index contributed by atoms with van der Waals surface area (Å²) in [5.41, 5.74) is 2.49. The molecule has 0 saturated heterocycles. The predicted octanol–water partition coefficient (Wildman–Crippen LogP) is 6.03. The van der Waals surface area contributed by atoms with Crippen molar-refractivity contribution in [2.75, 3.05) is 14.2 Å². The van der Waals surface area contributed by atoms with Gasteiger partial charge in [0.1, 0.15) is 35.5 Å². The number of carbonyl (C=O) groups excluding carboxylic acids is 1. The monoisotopic (exact) mass is 584 g/mol. The summed E-state index contributed by atoms with van der Waals surface area (Å²) >= 11 is 6.92. The summed E-state index contributed by atoms with van der Waals surface area (Å²) in [7, 11) is 3.12. The van der Waals surface area contributed by atoms with Crippen molar-refractivity contribution in [1.82, 2.24) is 5.32 Å². The summed E-state index contributed by atoms with van der Waals surface area (Å²) in [6.07, 6.45) is 1.53. The van der Waals surface area contributed by atoms with Gasteiger partial charge in [-0.05, 0) is 69.5 Å². The molecular formula is C26H22Br2N2O4. The zero-order chi connectivity index (χ0) is 24.5. The molecule has 0 saturated carbocycles. The highest BCUT2D eigenvalue weighted by atomic mass is 79.9. The molecule has 0 aliphatic heterocycles. The number of carbonyl (C=O) groups is 1. The second kappa shape index (κ2) is 12.3. The first-order valence-electron chi connectivity index (χ1n) is 10.2. The van der Waals surface area contributed by atoms with Gasteiger partial charge >= 0.3 is 0 Å². The number of hydrogen-bond acceptors (Lipinski definition) is 5. The molecule has 1 amide bonds. The third-order valence-electron chi connectivity index (χ3n) is 4.87. The maximum absolute atomic E-state index is 12.6. The lowest BCUT2D eigenvalue weighted by Crippen LogP contribution is -2.24. The highest BCUT2D eigenvalue weighted by molar-refractivity contribution is 9.10. The number of nitrogens with one attached hydrogen (secondary N) is 1. The maximum atomic E-state index is 12.6. The molecule has 0 aliphatic carbocycles. The largest absolute Gasteiger partial charge is 0.497 e. The molecule has 3 aromatic rings. The van der Waals surface area contributed by atoms with E-state index in [-0.39, 0.29) is 12.1 Å². The summed E-state index contributed by atoms with van der Waals surface area (Å²) < 4.78 is 18.1. The van der Waals surface area contributed by atoms with Gasteiger partial charge in [0.25, 0.3) is 5.91 Å². The van der Waals surface area contributed by atoms with Gasteiger partial charge in [-0.2, -0.15) is 5.26 Å². The molecule has 0 unspecified atom stereocenters. The predicted molar refractivity (Wildman–Crippen MR) is 138 cm³/mol. The minimum Gasteiger partial charge on any atom is -0.497 e. The van der Waals surface area contributed by atoms with Crippen LogP contribution in [0.25, 0.3) is 6.08 Å². The quantitative estimate of drug-likeness (QED) is 0.245. The Balaban J connectivity index is 1.66. The van der Waals surface area contributed by atoms with E-state index in [2.05, 4.69) is 37.2 Å². The number of hydrogen-bond donors (Lipinski definition) is 1. The lowest BCUT2D eigenvalue weighted by atomic mass is 10.1. The number of methoxy groups -OCH3 is 2. The Morgan fingerprint density at radius 3 is 2.41 bits per heavy atom. The average molecular weight is 586 g/mol. The van der Waals surface area contributed by atoms with E-state index in [0.29, 0.717) is 29.4 Å². The number of ether oxygens (including phenoxy) is 3. The van der Waals surface area contributed by atoms with Crippen LogP contribution in [0.15, 0.2) is 75.2 Å². The molecule has 1 N–H and O–H groups in total. The minimum atomic E-state index is -0.480. The summed E-state index contributed by atoms with van der Waals surface area (Å²) in [6.45, 7) is 0.624. The lowest BCUT2D eigenvalue weighted by Gasteiger charge is -2.11. The van der Waals surface area contributed by atoms with E-state index in [4.69, 9.17) is 14.2 Å². The molecule has 8 heteroatoms. The molecule has 174 valence electrons. The van der Waals surface area contributed by atoms with Crippen molar-refractivity contribution in [1.29, 1.82) is 5.26 Å². The standard InChI is InChI=1S/C26H22Br2N2O4/c1-32-22-9-6-19(25(13-22)33-2)15-30-26(31)20(14-29)11-18-5-10-24(23(28)12-18)34-16-17-3-7-21(27)8-4-17/h3-13H,15-16H2,1-2H3,(H,30,31)/b20-11+. The van der Waals surface area contributed by atoms with Gasteiger partial charge in [0.05, 0.1) is 18.7 Å². The first kappa shape index (κ1) is 25.3. The molecule has 0 heterocycles. The van der Waals surface area contributed by atoms with Gasteiger partial charge in [-0.1, -0.05) is 34.1 Å². The molecule has 0 spiro atoms. The molecule has 0 aromatic heterocycles. The van der Waals surface area contributed by atoms with E-state index in [1.54, 1.807) is 50.6 Å². The summed E-state index contributed by atoms with van der Waals surface area (Å²) in [4.78, 5) is 12.6. The van der Waals surface area contributed by atoms with Crippen molar-refractivity contribution in [3.63, 3.8) is 0 Å². The Labute approximate surface area is 215 Å². The fourth-order valence-corrected chi connectivity index (χ4v) is 3.82. The van der Waals surface area contributed by atoms with Crippen LogP contribution in [0.3, 0.4) is 0 Å². The van der Waals surface area contributed by atoms with Crippen LogP contribution in [0.2, 0.25) is 0 Å². The molecule has 3 rings (SSSR count). The van der Waals surface area contributed by atoms with Gasteiger partial charge < -0.3 is 19.5 Å². The zero-order valence-corrected chi connectivity index (χ0v) is 21.8. The van der Waals surface area contributed by atoms with E-state index < -0.39 is 5.91 Å². The van der Waals surface area contributed by atoms with Gasteiger partial charge in [0.15, 0.2) is 0 Å². The lowest BCUT2D eigenvalue weighted by molar-refractivity contribution is -0.117. The van der Waals surface area contributed by atoms with E-state index >= 15 is 0 Å². The van der Waals surface area contributed by atoms with Crippen LogP contribution >= 0.6 is 31.9 Å². The normalized spacial score (nSPS) is 10.9. The Hall–Kier alpha value is -3.28. The molecule has 6 nitrogen and oxygen atoms in total. The van der Waals surface area contributed by atoms with Gasteiger partial charge in [-0.3, -0.25) is 4.79 Å². The smallest absolute Gasteiger partial charge is 0.262 e. The average Bonchev–Trinajstić information content (AvgIpc) is 2.86. The second-order valence-electron chi connectivity index (χ2n) is 7.14. The van der Waals surface area contributed by atoms with Crippen molar-refractivity contribution >= 4 is 43.8 Å². The second-order valence-corrected chi connectivity index (χ2v) is 8.91. The first-order valence-corrected chi connectivity index (χ1v) is 11.8. The number of amides is 1. The molecule has 0 bridgehead atoms. The maximum Gasteiger partial charge on any atom is 0.262 e. The molecular weight excluding hydrogens is 564 g/mol. The van der Waals surface area contributed by atoms with E-state index in [9.17, 15) is 10.1 Å². The highest BCUT2D eigenvalue weighted by Crippen LogP contribution is 2.28. The highest BCUT2D eigenvalue weighted by Gasteiger charge is 2.12. The van der Waals surface area contributed by atoms with E-state index in [1.807, 2.05) is 30.3 Å². The van der Waals surface area contributed by atoms with Crippen LogP contribution in [-0.4, -0.2) is 20.1 Å². The number of nitriles is 1. The van der Waals surface area contributed by atoms with Crippen molar-refractivity contribution in [3.05, 3.63) is 91.9 Å². The Morgan fingerprint density at radius 2 is 1.76 bits per heavy atom. The van der Waals surface area contributed by atoms with Gasteiger partial charge in [0.2, 0.25) is 0 Å². The van der Waals surface area contributed by atoms with Crippen molar-refractivity contribution < 1.29 is 19.0 Å². The molecule has 0 radical (unpaired) electrons. The summed E-state index contributed by atoms with van der Waals surface area (Å²) in [6, 6.07) is 20.6. The molecule has 3 aromatic carbocycles. The summed E-state index contributed by atoms with van der Waals surface area (Å²) in [5.74, 6) is 1.42. The van der Waals surface area contributed by atoms with Crippen LogP contribution < -0.4 is 19.5 Å². The topological polar surface area (TPSA) is 80.6 Å². The Kier molecular flexibility index (Phi) is 9.14. The van der Waals surface area contributed by atoms with E-state index in [1.165, 1.54) is 6.08 Å². The number of halogens is 2. The Morgan fingerprint density at radius 1 is 1.00 bits per heavy atom. The van der Waals surface area contributed by atoms with Gasteiger partial charge in [-0.25, -0.2) is 0 Å². The van der Waals surface area contributed by atoms with Crippen LogP contribution in [0.5, 0.6) is 17.2 Å². The van der Waals surface area contributed by atoms with Crippen LogP contribution in [0.4, 0.5) is 0 Å². The Bertz CT molecular complexity index is 1230.